The second kappa shape index (κ2) is 5.51. The predicted molar refractivity (Wildman–Crippen MR) is 65.3 cm³/mol. The Morgan fingerprint density at radius 2 is 2.25 bits per heavy atom. The molecule has 0 aromatic carbocycles. The monoisotopic (exact) mass is 222 g/mol. The molecule has 0 spiro atoms. The van der Waals surface area contributed by atoms with Crippen molar-refractivity contribution in [2.24, 2.45) is 5.92 Å². The highest BCUT2D eigenvalue weighted by Crippen LogP contribution is 2.26. The molecule has 0 aliphatic carbocycles. The molecule has 3 nitrogen and oxygen atoms in total. The van der Waals surface area contributed by atoms with Crippen LogP contribution in [0.3, 0.4) is 0 Å². The van der Waals surface area contributed by atoms with E-state index in [4.69, 9.17) is 0 Å². The fourth-order valence-electron chi connectivity index (χ4n) is 2.57. The Bertz CT molecular complexity index is 315. The molecule has 0 bridgehead atoms. The number of piperidine rings is 1. The minimum Gasteiger partial charge on any atom is -0.387 e. The van der Waals surface area contributed by atoms with Crippen molar-refractivity contribution in [2.75, 3.05) is 13.1 Å². The van der Waals surface area contributed by atoms with Crippen LogP contribution in [0.2, 0.25) is 0 Å². The van der Waals surface area contributed by atoms with Crippen LogP contribution in [0.15, 0.2) is 18.3 Å². The quantitative estimate of drug-likeness (QED) is 0.817. The van der Waals surface area contributed by atoms with Gasteiger partial charge in [-0.1, -0.05) is 0 Å². The molecule has 1 atom stereocenters. The first kappa shape index (κ1) is 11.7. The summed E-state index contributed by atoms with van der Waals surface area (Å²) in [5.74, 6) is 0.677. The van der Waals surface area contributed by atoms with E-state index in [1.165, 1.54) is 12.8 Å². The van der Waals surface area contributed by atoms with Crippen molar-refractivity contribution in [2.45, 2.75) is 38.8 Å². The van der Waals surface area contributed by atoms with E-state index in [9.17, 15) is 5.11 Å². The number of aliphatic hydroxyl groups is 1. The van der Waals surface area contributed by atoms with Crippen LogP contribution >= 0.6 is 0 Å². The largest absolute Gasteiger partial charge is 0.387 e. The summed E-state index contributed by atoms with van der Waals surface area (Å²) in [5, 5.41) is 13.6. The zero-order valence-electron chi connectivity index (χ0n) is 10.0. The van der Waals surface area contributed by atoms with E-state index < -0.39 is 0 Å². The van der Waals surface area contributed by atoms with Gasteiger partial charge in [-0.15, -0.1) is 0 Å². The molecule has 1 aromatic rings. The Hall–Kier alpha value is -0.800. The van der Waals surface area contributed by atoms with Crippen LogP contribution < -0.4 is 5.32 Å². The van der Waals surface area contributed by atoms with Crippen molar-refractivity contribution < 1.29 is 5.11 Å². The van der Waals surface area contributed by atoms with Crippen LogP contribution in [0, 0.1) is 5.92 Å². The van der Waals surface area contributed by atoms with Crippen molar-refractivity contribution in [1.29, 1.82) is 0 Å². The van der Waals surface area contributed by atoms with Gasteiger partial charge in [-0.25, -0.2) is 0 Å². The summed E-state index contributed by atoms with van der Waals surface area (Å²) < 4.78 is 2.13. The average molecular weight is 222 g/mol. The van der Waals surface area contributed by atoms with E-state index in [0.29, 0.717) is 5.92 Å². The molecule has 0 saturated carbocycles. The van der Waals surface area contributed by atoms with Gasteiger partial charge in [-0.2, -0.15) is 0 Å². The van der Waals surface area contributed by atoms with Crippen LogP contribution in [0.1, 0.15) is 38.0 Å². The molecular weight excluding hydrogens is 200 g/mol. The molecule has 1 unspecified atom stereocenters. The number of hydrogen-bond acceptors (Lipinski definition) is 2. The Morgan fingerprint density at radius 3 is 2.94 bits per heavy atom. The highest BCUT2D eigenvalue weighted by atomic mass is 16.3. The summed E-state index contributed by atoms with van der Waals surface area (Å²) in [4.78, 5) is 0. The van der Waals surface area contributed by atoms with Gasteiger partial charge in [-0.3, -0.25) is 0 Å². The van der Waals surface area contributed by atoms with E-state index in [2.05, 4.69) is 16.8 Å². The fourth-order valence-corrected chi connectivity index (χ4v) is 2.57. The zero-order chi connectivity index (χ0) is 11.4. The van der Waals surface area contributed by atoms with Gasteiger partial charge in [0.15, 0.2) is 0 Å². The zero-order valence-corrected chi connectivity index (χ0v) is 10.0. The molecule has 2 rings (SSSR count). The van der Waals surface area contributed by atoms with Gasteiger partial charge >= 0.3 is 0 Å². The first-order valence-corrected chi connectivity index (χ1v) is 6.35. The minimum absolute atomic E-state index is 0.293. The maximum Gasteiger partial charge on any atom is 0.0942 e. The lowest BCUT2D eigenvalue weighted by Gasteiger charge is -2.25. The summed E-state index contributed by atoms with van der Waals surface area (Å²) in [6, 6.07) is 4.06. The molecule has 1 saturated heterocycles. The lowest BCUT2D eigenvalue weighted by molar-refractivity contribution is 0.126. The molecule has 1 aliphatic rings. The molecular formula is C13H22N2O. The SMILES string of the molecule is CCn1cccc1C(O)CC1CCNCC1. The van der Waals surface area contributed by atoms with Crippen molar-refractivity contribution in [1.82, 2.24) is 9.88 Å². The number of hydrogen-bond donors (Lipinski definition) is 2. The van der Waals surface area contributed by atoms with Crippen LogP contribution in [-0.2, 0) is 6.54 Å². The van der Waals surface area contributed by atoms with Gasteiger partial charge in [0, 0.05) is 18.4 Å². The molecule has 90 valence electrons. The highest BCUT2D eigenvalue weighted by molar-refractivity contribution is 5.10. The van der Waals surface area contributed by atoms with E-state index in [1.54, 1.807) is 0 Å². The van der Waals surface area contributed by atoms with Crippen molar-refractivity contribution >= 4 is 0 Å². The summed E-state index contributed by atoms with van der Waals surface area (Å²) in [5.41, 5.74) is 1.07. The normalized spacial score (nSPS) is 19.9. The maximum atomic E-state index is 10.2. The van der Waals surface area contributed by atoms with Crippen molar-refractivity contribution in [3.05, 3.63) is 24.0 Å². The van der Waals surface area contributed by atoms with Crippen molar-refractivity contribution in [3.63, 3.8) is 0 Å². The smallest absolute Gasteiger partial charge is 0.0942 e. The number of rotatable bonds is 4. The van der Waals surface area contributed by atoms with Crippen LogP contribution in [0.4, 0.5) is 0 Å². The third-order valence-corrected chi connectivity index (χ3v) is 3.56. The standard InChI is InChI=1S/C13H22N2O/c1-2-15-9-3-4-12(15)13(16)10-11-5-7-14-8-6-11/h3-4,9,11,13-14,16H,2,5-8,10H2,1H3. The van der Waals surface area contributed by atoms with Gasteiger partial charge in [0.05, 0.1) is 6.10 Å². The second-order valence-corrected chi connectivity index (χ2v) is 4.66. The van der Waals surface area contributed by atoms with Crippen molar-refractivity contribution in [3.8, 4) is 0 Å². The lowest BCUT2D eigenvalue weighted by Crippen LogP contribution is -2.28. The van der Waals surface area contributed by atoms with Gasteiger partial charge in [0.25, 0.3) is 0 Å². The first-order chi connectivity index (χ1) is 7.81. The average Bonchev–Trinajstić information content (AvgIpc) is 2.78. The van der Waals surface area contributed by atoms with E-state index >= 15 is 0 Å². The first-order valence-electron chi connectivity index (χ1n) is 6.35. The molecule has 1 aliphatic heterocycles. The summed E-state index contributed by atoms with van der Waals surface area (Å²) in [6.07, 6.45) is 5.05. The Balaban J connectivity index is 1.93. The highest BCUT2D eigenvalue weighted by Gasteiger charge is 2.19. The molecule has 1 aromatic heterocycles. The number of aliphatic hydroxyl groups excluding tert-OH is 1. The number of nitrogens with zero attached hydrogens (tertiary/aromatic N) is 1. The molecule has 2 N–H and O–H groups in total. The van der Waals surface area contributed by atoms with E-state index in [1.807, 2.05) is 18.3 Å². The van der Waals surface area contributed by atoms with Crippen LogP contribution in [0.25, 0.3) is 0 Å². The topological polar surface area (TPSA) is 37.2 Å². The molecule has 1 fully saturated rings. The Morgan fingerprint density at radius 1 is 1.50 bits per heavy atom. The summed E-state index contributed by atoms with van der Waals surface area (Å²) in [6.45, 7) is 5.25. The number of aromatic nitrogens is 1. The Kier molecular flexibility index (Phi) is 4.02. The maximum absolute atomic E-state index is 10.2. The summed E-state index contributed by atoms with van der Waals surface area (Å²) in [7, 11) is 0. The molecule has 3 heteroatoms. The number of nitrogens with one attached hydrogen (secondary N) is 1. The van der Waals surface area contributed by atoms with Gasteiger partial charge in [0.2, 0.25) is 0 Å². The molecule has 0 radical (unpaired) electrons. The van der Waals surface area contributed by atoms with Gasteiger partial charge in [0.1, 0.15) is 0 Å². The lowest BCUT2D eigenvalue weighted by atomic mass is 9.91. The summed E-state index contributed by atoms with van der Waals surface area (Å²) >= 11 is 0. The van der Waals surface area contributed by atoms with Crippen LogP contribution in [0.5, 0.6) is 0 Å². The Labute approximate surface area is 97.5 Å². The number of aryl methyl sites for hydroxylation is 1. The molecule has 16 heavy (non-hydrogen) atoms. The van der Waals surface area contributed by atoms with Crippen LogP contribution in [-0.4, -0.2) is 22.8 Å². The van der Waals surface area contributed by atoms with Gasteiger partial charge in [-0.05, 0) is 57.3 Å². The molecule has 2 heterocycles. The fraction of sp³-hybridized carbons (Fsp3) is 0.692. The minimum atomic E-state index is -0.293. The third kappa shape index (κ3) is 2.66. The van der Waals surface area contributed by atoms with E-state index in [0.717, 1.165) is 31.7 Å². The molecule has 0 amide bonds. The predicted octanol–water partition coefficient (Wildman–Crippen LogP) is 1.93. The van der Waals surface area contributed by atoms with E-state index in [-0.39, 0.29) is 6.10 Å². The third-order valence-electron chi connectivity index (χ3n) is 3.56. The second-order valence-electron chi connectivity index (χ2n) is 4.66. The van der Waals surface area contributed by atoms with Gasteiger partial charge < -0.3 is 15.0 Å².